The third kappa shape index (κ3) is 1.59. The van der Waals surface area contributed by atoms with Crippen LogP contribution in [0.1, 0.15) is 26.5 Å². The molecule has 0 aliphatic heterocycles. The van der Waals surface area contributed by atoms with Gasteiger partial charge in [0.15, 0.2) is 5.65 Å². The van der Waals surface area contributed by atoms with E-state index >= 15 is 0 Å². The van der Waals surface area contributed by atoms with Crippen molar-refractivity contribution in [1.82, 2.24) is 20.0 Å². The molecule has 2 heterocycles. The molecule has 0 amide bonds. The minimum atomic E-state index is -0.119. The normalized spacial score (nSPS) is 12.3. The third-order valence-corrected chi connectivity index (χ3v) is 2.52. The Kier molecular flexibility index (Phi) is 2.19. The maximum Gasteiger partial charge on any atom is 0.182 e. The van der Waals surface area contributed by atoms with Crippen molar-refractivity contribution in [2.24, 2.45) is 0 Å². The molecule has 0 aliphatic rings. The minimum absolute atomic E-state index is 0.119. The molecule has 0 unspecified atom stereocenters. The fourth-order valence-electron chi connectivity index (χ4n) is 1.55. The van der Waals surface area contributed by atoms with Crippen LogP contribution in [-0.4, -0.2) is 20.0 Å². The number of aryl methyl sites for hydroxylation is 1. The van der Waals surface area contributed by atoms with Crippen LogP contribution in [0.25, 0.3) is 11.0 Å². The molecule has 0 spiro atoms. The smallest absolute Gasteiger partial charge is 0.182 e. The van der Waals surface area contributed by atoms with Crippen molar-refractivity contribution >= 4 is 22.6 Å². The predicted molar refractivity (Wildman–Crippen MR) is 60.1 cm³/mol. The monoisotopic (exact) mass is 224 g/mol. The first kappa shape index (κ1) is 10.4. The summed E-state index contributed by atoms with van der Waals surface area (Å²) in [7, 11) is 0. The van der Waals surface area contributed by atoms with E-state index in [1.807, 2.05) is 11.6 Å². The standard InChI is InChI=1S/C10H13ClN4/c1-6-8-7(11)5-12-13-9(8)15(14-6)10(2,3)4/h5H,1-4H3. The largest absolute Gasteiger partial charge is 0.240 e. The van der Waals surface area contributed by atoms with Crippen LogP contribution in [0.5, 0.6) is 0 Å². The molecule has 0 aromatic carbocycles. The SMILES string of the molecule is Cc1nn(C(C)(C)C)c2nncc(Cl)c12. The summed E-state index contributed by atoms with van der Waals surface area (Å²) in [6.45, 7) is 8.14. The zero-order valence-electron chi connectivity index (χ0n) is 9.24. The molecule has 0 saturated heterocycles. The number of rotatable bonds is 0. The van der Waals surface area contributed by atoms with Crippen LogP contribution in [0.3, 0.4) is 0 Å². The van der Waals surface area contributed by atoms with E-state index in [0.717, 1.165) is 16.7 Å². The topological polar surface area (TPSA) is 43.6 Å². The summed E-state index contributed by atoms with van der Waals surface area (Å²) in [6, 6.07) is 0. The fourth-order valence-corrected chi connectivity index (χ4v) is 1.82. The second-order valence-electron chi connectivity index (χ2n) is 4.56. The van der Waals surface area contributed by atoms with Gasteiger partial charge < -0.3 is 0 Å². The van der Waals surface area contributed by atoms with Crippen molar-refractivity contribution in [3.63, 3.8) is 0 Å². The maximum absolute atomic E-state index is 6.07. The van der Waals surface area contributed by atoms with Crippen LogP contribution in [0.4, 0.5) is 0 Å². The highest BCUT2D eigenvalue weighted by atomic mass is 35.5. The van der Waals surface area contributed by atoms with Gasteiger partial charge in [0.1, 0.15) is 0 Å². The number of halogens is 1. The number of hydrogen-bond donors (Lipinski definition) is 0. The molecule has 15 heavy (non-hydrogen) atoms. The quantitative estimate of drug-likeness (QED) is 0.691. The lowest BCUT2D eigenvalue weighted by Crippen LogP contribution is -2.23. The Balaban J connectivity index is 2.85. The van der Waals surface area contributed by atoms with Crippen LogP contribution in [-0.2, 0) is 5.54 Å². The van der Waals surface area contributed by atoms with Gasteiger partial charge in [-0.25, -0.2) is 4.68 Å². The molecule has 5 heteroatoms. The zero-order valence-corrected chi connectivity index (χ0v) is 10.0. The second kappa shape index (κ2) is 3.17. The molecule has 2 aromatic heterocycles. The van der Waals surface area contributed by atoms with Crippen molar-refractivity contribution in [3.8, 4) is 0 Å². The lowest BCUT2D eigenvalue weighted by molar-refractivity contribution is 0.363. The Morgan fingerprint density at radius 1 is 1.33 bits per heavy atom. The minimum Gasteiger partial charge on any atom is -0.240 e. The molecule has 2 aromatic rings. The van der Waals surface area contributed by atoms with E-state index in [1.54, 1.807) is 6.20 Å². The van der Waals surface area contributed by atoms with Crippen molar-refractivity contribution in [2.75, 3.05) is 0 Å². The Hall–Kier alpha value is -1.16. The summed E-state index contributed by atoms with van der Waals surface area (Å²) in [5, 5.41) is 13.9. The van der Waals surface area contributed by atoms with E-state index in [4.69, 9.17) is 11.6 Å². The van der Waals surface area contributed by atoms with E-state index in [2.05, 4.69) is 36.1 Å². The molecule has 2 rings (SSSR count). The van der Waals surface area contributed by atoms with Gasteiger partial charge in [-0.05, 0) is 27.7 Å². The van der Waals surface area contributed by atoms with E-state index in [0.29, 0.717) is 5.02 Å². The lowest BCUT2D eigenvalue weighted by atomic mass is 10.1. The van der Waals surface area contributed by atoms with Gasteiger partial charge in [0.25, 0.3) is 0 Å². The second-order valence-corrected chi connectivity index (χ2v) is 4.97. The Bertz CT molecular complexity index is 510. The van der Waals surface area contributed by atoms with Gasteiger partial charge in [-0.3, -0.25) is 0 Å². The van der Waals surface area contributed by atoms with Gasteiger partial charge in [0.05, 0.1) is 27.8 Å². The maximum atomic E-state index is 6.07. The summed E-state index contributed by atoms with van der Waals surface area (Å²) >= 11 is 6.07. The average molecular weight is 225 g/mol. The van der Waals surface area contributed by atoms with Gasteiger partial charge in [0, 0.05) is 0 Å². The number of fused-ring (bicyclic) bond motifs is 1. The molecular weight excluding hydrogens is 212 g/mol. The first-order chi connectivity index (χ1) is 6.91. The number of nitrogens with zero attached hydrogens (tertiary/aromatic N) is 4. The average Bonchev–Trinajstić information content (AvgIpc) is 2.44. The van der Waals surface area contributed by atoms with Gasteiger partial charge in [-0.15, -0.1) is 5.10 Å². The van der Waals surface area contributed by atoms with Gasteiger partial charge in [-0.2, -0.15) is 10.2 Å². The summed E-state index contributed by atoms with van der Waals surface area (Å²) in [5.41, 5.74) is 1.51. The van der Waals surface area contributed by atoms with Crippen molar-refractivity contribution in [3.05, 3.63) is 16.9 Å². The van der Waals surface area contributed by atoms with Crippen molar-refractivity contribution in [2.45, 2.75) is 33.2 Å². The zero-order chi connectivity index (χ0) is 11.2. The highest BCUT2D eigenvalue weighted by molar-refractivity contribution is 6.35. The molecule has 4 nitrogen and oxygen atoms in total. The summed E-state index contributed by atoms with van der Waals surface area (Å²) in [6.07, 6.45) is 1.55. The highest BCUT2D eigenvalue weighted by Gasteiger charge is 2.21. The van der Waals surface area contributed by atoms with Crippen molar-refractivity contribution in [1.29, 1.82) is 0 Å². The molecular formula is C10H13ClN4. The Morgan fingerprint density at radius 3 is 2.60 bits per heavy atom. The molecule has 0 aliphatic carbocycles. The lowest BCUT2D eigenvalue weighted by Gasteiger charge is -2.19. The summed E-state index contributed by atoms with van der Waals surface area (Å²) < 4.78 is 1.86. The molecule has 0 fully saturated rings. The highest BCUT2D eigenvalue weighted by Crippen LogP contribution is 2.27. The first-order valence-electron chi connectivity index (χ1n) is 4.78. The number of hydrogen-bond acceptors (Lipinski definition) is 3. The number of aromatic nitrogens is 4. The van der Waals surface area contributed by atoms with Crippen molar-refractivity contribution < 1.29 is 0 Å². The third-order valence-electron chi connectivity index (χ3n) is 2.23. The molecule has 80 valence electrons. The molecule has 0 N–H and O–H groups in total. The van der Waals surface area contributed by atoms with Crippen LogP contribution >= 0.6 is 11.6 Å². The van der Waals surface area contributed by atoms with Gasteiger partial charge in [0.2, 0.25) is 0 Å². The van der Waals surface area contributed by atoms with Crippen LogP contribution in [0.15, 0.2) is 6.20 Å². The van der Waals surface area contributed by atoms with Crippen LogP contribution in [0.2, 0.25) is 5.02 Å². The van der Waals surface area contributed by atoms with E-state index < -0.39 is 0 Å². The van der Waals surface area contributed by atoms with E-state index in [1.165, 1.54) is 0 Å². The van der Waals surface area contributed by atoms with E-state index in [-0.39, 0.29) is 5.54 Å². The molecule has 0 saturated carbocycles. The summed E-state index contributed by atoms with van der Waals surface area (Å²) in [4.78, 5) is 0. The van der Waals surface area contributed by atoms with Gasteiger partial charge >= 0.3 is 0 Å². The van der Waals surface area contributed by atoms with Gasteiger partial charge in [-0.1, -0.05) is 11.6 Å². The Labute approximate surface area is 93.3 Å². The first-order valence-corrected chi connectivity index (χ1v) is 5.16. The Morgan fingerprint density at radius 2 is 2.00 bits per heavy atom. The predicted octanol–water partition coefficient (Wildman–Crippen LogP) is 2.54. The summed E-state index contributed by atoms with van der Waals surface area (Å²) in [5.74, 6) is 0. The van der Waals surface area contributed by atoms with Crippen LogP contribution < -0.4 is 0 Å². The van der Waals surface area contributed by atoms with Crippen LogP contribution in [0, 0.1) is 6.92 Å². The molecule has 0 bridgehead atoms. The van der Waals surface area contributed by atoms with E-state index in [9.17, 15) is 0 Å². The molecule has 0 atom stereocenters. The molecule has 0 radical (unpaired) electrons. The fraction of sp³-hybridized carbons (Fsp3) is 0.500.